The van der Waals surface area contributed by atoms with Crippen molar-refractivity contribution in [3.63, 3.8) is 0 Å². The highest BCUT2D eigenvalue weighted by molar-refractivity contribution is 6.55. The lowest BCUT2D eigenvalue weighted by molar-refractivity contribution is -0.142. The molecule has 0 aliphatic heterocycles. The van der Waals surface area contributed by atoms with Crippen molar-refractivity contribution in [2.45, 2.75) is 38.6 Å². The fourth-order valence-corrected chi connectivity index (χ4v) is 2.52. The summed E-state index contributed by atoms with van der Waals surface area (Å²) in [6.07, 6.45) is 2.25. The summed E-state index contributed by atoms with van der Waals surface area (Å²) in [5.74, 6) is -0.295. The van der Waals surface area contributed by atoms with E-state index in [0.717, 1.165) is 12.5 Å². The molecule has 2 nitrogen and oxygen atoms in total. The number of carbonyl (C=O) groups excluding carboxylic acids is 1. The molecule has 0 N–H and O–H groups in total. The summed E-state index contributed by atoms with van der Waals surface area (Å²) in [6.45, 7) is 9.91. The van der Waals surface area contributed by atoms with Crippen LogP contribution < -0.4 is 0 Å². The minimum absolute atomic E-state index is 0.113. The third-order valence-electron chi connectivity index (χ3n) is 1.64. The zero-order valence-corrected chi connectivity index (χ0v) is 9.32. The molecule has 70 valence electrons. The minimum Gasteiger partial charge on any atom is -0.460 e. The summed E-state index contributed by atoms with van der Waals surface area (Å²) in [6, 6.07) is 1.07. The first-order valence-corrected chi connectivity index (χ1v) is 7.55. The van der Waals surface area contributed by atoms with Gasteiger partial charge in [-0.15, -0.1) is 0 Å². The van der Waals surface area contributed by atoms with E-state index in [0.29, 0.717) is 0 Å². The quantitative estimate of drug-likeness (QED) is 0.373. The van der Waals surface area contributed by atoms with Crippen molar-refractivity contribution in [3.8, 4) is 0 Å². The minimum atomic E-state index is -0.627. The molecule has 0 spiro atoms. The first-order chi connectivity index (χ1) is 5.60. The van der Waals surface area contributed by atoms with Crippen LogP contribution in [-0.2, 0) is 9.53 Å². The Morgan fingerprint density at radius 3 is 2.58 bits per heavy atom. The summed E-state index contributed by atoms with van der Waals surface area (Å²) < 4.78 is 5.14. The molecule has 0 amide bonds. The maximum absolute atomic E-state index is 10.8. The first-order valence-electron chi connectivity index (χ1n) is 4.43. The third-order valence-corrected chi connectivity index (χ3v) is 3.11. The average Bonchev–Trinajstić information content (AvgIpc) is 2.02. The van der Waals surface area contributed by atoms with Crippen LogP contribution >= 0.6 is 0 Å². The molecule has 1 atom stereocenters. The highest BCUT2D eigenvalue weighted by Crippen LogP contribution is 2.08. The molecule has 3 heteroatoms. The number of esters is 1. The summed E-state index contributed by atoms with van der Waals surface area (Å²) in [5.41, 5.74) is 0. The second-order valence-electron chi connectivity index (χ2n) is 3.30. The van der Waals surface area contributed by atoms with Crippen molar-refractivity contribution in [1.29, 1.82) is 0 Å². The molecule has 0 aromatic rings. The summed E-state index contributed by atoms with van der Waals surface area (Å²) in [5, 5.41) is 0. The fraction of sp³-hybridized carbons (Fsp3) is 0.667. The second kappa shape index (κ2) is 6.00. The predicted molar refractivity (Wildman–Crippen MR) is 54.1 cm³/mol. The Morgan fingerprint density at radius 1 is 1.67 bits per heavy atom. The van der Waals surface area contributed by atoms with Crippen molar-refractivity contribution >= 4 is 14.8 Å². The van der Waals surface area contributed by atoms with Gasteiger partial charge in [-0.05, 0) is 12.5 Å². The van der Waals surface area contributed by atoms with Gasteiger partial charge in [0.15, 0.2) is 0 Å². The van der Waals surface area contributed by atoms with Crippen LogP contribution in [0.3, 0.4) is 0 Å². The Morgan fingerprint density at radius 2 is 2.25 bits per heavy atom. The number of ether oxygens (including phenoxy) is 1. The van der Waals surface area contributed by atoms with Crippen LogP contribution in [0.25, 0.3) is 0 Å². The van der Waals surface area contributed by atoms with E-state index in [2.05, 4.69) is 19.7 Å². The Hall–Kier alpha value is -0.573. The highest BCUT2D eigenvalue weighted by atomic mass is 28.3. The van der Waals surface area contributed by atoms with Gasteiger partial charge < -0.3 is 4.74 Å². The molecule has 0 aromatic carbocycles. The van der Waals surface area contributed by atoms with Crippen LogP contribution in [-0.4, -0.2) is 20.9 Å². The highest BCUT2D eigenvalue weighted by Gasteiger charge is 2.12. The van der Waals surface area contributed by atoms with E-state index in [-0.39, 0.29) is 12.1 Å². The summed E-state index contributed by atoms with van der Waals surface area (Å²) in [4.78, 5) is 10.8. The van der Waals surface area contributed by atoms with Crippen molar-refractivity contribution in [1.82, 2.24) is 0 Å². The van der Waals surface area contributed by atoms with Crippen LogP contribution in [0.4, 0.5) is 0 Å². The molecule has 0 radical (unpaired) electrons. The van der Waals surface area contributed by atoms with Crippen molar-refractivity contribution in [2.75, 3.05) is 0 Å². The van der Waals surface area contributed by atoms with E-state index < -0.39 is 8.80 Å². The molecule has 0 heterocycles. The number of hydrogen-bond donors (Lipinski definition) is 0. The van der Waals surface area contributed by atoms with E-state index in [1.807, 2.05) is 6.92 Å². The molecular weight excluding hydrogens is 168 g/mol. The molecule has 0 saturated heterocycles. The maximum atomic E-state index is 10.8. The van der Waals surface area contributed by atoms with Crippen LogP contribution in [0, 0.1) is 0 Å². The second-order valence-corrected chi connectivity index (χ2v) is 6.56. The normalized spacial score (nSPS) is 12.7. The third kappa shape index (κ3) is 5.13. The lowest BCUT2D eigenvalue weighted by atomic mass is 10.3. The van der Waals surface area contributed by atoms with Gasteiger partial charge in [-0.1, -0.05) is 26.6 Å². The van der Waals surface area contributed by atoms with Crippen LogP contribution in [0.1, 0.15) is 13.3 Å². The van der Waals surface area contributed by atoms with E-state index in [1.165, 1.54) is 6.08 Å². The van der Waals surface area contributed by atoms with Crippen molar-refractivity contribution in [2.24, 2.45) is 0 Å². The topological polar surface area (TPSA) is 26.3 Å². The zero-order chi connectivity index (χ0) is 9.56. The summed E-state index contributed by atoms with van der Waals surface area (Å²) >= 11 is 0. The van der Waals surface area contributed by atoms with Gasteiger partial charge in [-0.3, -0.25) is 0 Å². The Labute approximate surface area is 76.2 Å². The van der Waals surface area contributed by atoms with Gasteiger partial charge in [-0.25, -0.2) is 4.79 Å². The maximum Gasteiger partial charge on any atom is 0.330 e. The Balaban J connectivity index is 3.82. The van der Waals surface area contributed by atoms with E-state index in [4.69, 9.17) is 4.74 Å². The number of rotatable bonds is 5. The molecule has 0 aromatic heterocycles. The smallest absolute Gasteiger partial charge is 0.330 e. The van der Waals surface area contributed by atoms with E-state index in [9.17, 15) is 4.79 Å². The molecule has 12 heavy (non-hydrogen) atoms. The van der Waals surface area contributed by atoms with Crippen LogP contribution in [0.2, 0.25) is 19.1 Å². The Bertz CT molecular complexity index is 155. The van der Waals surface area contributed by atoms with Gasteiger partial charge in [0.25, 0.3) is 0 Å². The molecule has 0 aliphatic rings. The SMILES string of the molecule is C=CC(=O)OC(CC)C[SiH](C)C. The van der Waals surface area contributed by atoms with Crippen molar-refractivity contribution in [3.05, 3.63) is 12.7 Å². The molecule has 1 unspecified atom stereocenters. The standard InChI is InChI=1S/C9H18O2Si/c1-5-8(7-12(3)4)11-9(10)6-2/h6,8,12H,2,5,7H2,1,3-4H3. The van der Waals surface area contributed by atoms with Gasteiger partial charge in [0, 0.05) is 14.9 Å². The van der Waals surface area contributed by atoms with Gasteiger partial charge >= 0.3 is 5.97 Å². The number of hydrogen-bond acceptors (Lipinski definition) is 2. The molecule has 0 saturated carbocycles. The average molecular weight is 186 g/mol. The fourth-order valence-electron chi connectivity index (χ4n) is 1.04. The zero-order valence-electron chi connectivity index (χ0n) is 8.17. The van der Waals surface area contributed by atoms with Crippen LogP contribution in [0.15, 0.2) is 12.7 Å². The number of carbonyl (C=O) groups is 1. The molecule has 0 aliphatic carbocycles. The molecule has 0 bridgehead atoms. The van der Waals surface area contributed by atoms with E-state index in [1.54, 1.807) is 0 Å². The monoisotopic (exact) mass is 186 g/mol. The lowest BCUT2D eigenvalue weighted by Crippen LogP contribution is -2.20. The first kappa shape index (κ1) is 11.4. The Kier molecular flexibility index (Phi) is 5.71. The van der Waals surface area contributed by atoms with Crippen molar-refractivity contribution < 1.29 is 9.53 Å². The summed E-state index contributed by atoms with van der Waals surface area (Å²) in [7, 11) is -0.627. The van der Waals surface area contributed by atoms with Gasteiger partial charge in [0.1, 0.15) is 0 Å². The van der Waals surface area contributed by atoms with Crippen LogP contribution in [0.5, 0.6) is 0 Å². The molecule has 0 rings (SSSR count). The van der Waals surface area contributed by atoms with Gasteiger partial charge in [0.05, 0.1) is 6.10 Å². The molecule has 0 fully saturated rings. The lowest BCUT2D eigenvalue weighted by Gasteiger charge is -2.16. The van der Waals surface area contributed by atoms with Gasteiger partial charge in [0.2, 0.25) is 0 Å². The molecular formula is C9H18O2Si. The predicted octanol–water partition coefficient (Wildman–Crippen LogP) is 1.98. The van der Waals surface area contributed by atoms with Gasteiger partial charge in [-0.2, -0.15) is 0 Å². The largest absolute Gasteiger partial charge is 0.460 e. The van der Waals surface area contributed by atoms with E-state index >= 15 is 0 Å².